The van der Waals surface area contributed by atoms with E-state index < -0.39 is 11.5 Å². The molecular formula is C23H27Cl2N3O2. The highest BCUT2D eigenvalue weighted by molar-refractivity contribution is 6.35. The summed E-state index contributed by atoms with van der Waals surface area (Å²) in [4.78, 5) is 28.1. The molecule has 2 N–H and O–H groups in total. The van der Waals surface area contributed by atoms with Gasteiger partial charge in [0.05, 0.1) is 5.41 Å². The number of benzene rings is 2. The quantitative estimate of drug-likeness (QED) is 0.618. The lowest BCUT2D eigenvalue weighted by Crippen LogP contribution is -2.51. The summed E-state index contributed by atoms with van der Waals surface area (Å²) in [6.45, 7) is 1.24. The SMILES string of the molecule is CN(C)CCNC(=O)[C@H](Cc1ccccc1)NC(=O)C1(c2ccc(Cl)cc2Cl)CC1. The van der Waals surface area contributed by atoms with Gasteiger partial charge in [-0.3, -0.25) is 9.59 Å². The van der Waals surface area contributed by atoms with Crippen molar-refractivity contribution in [1.29, 1.82) is 0 Å². The number of nitrogens with zero attached hydrogens (tertiary/aromatic N) is 1. The summed E-state index contributed by atoms with van der Waals surface area (Å²) in [6, 6.07) is 14.2. The lowest BCUT2D eigenvalue weighted by Gasteiger charge is -2.23. The van der Waals surface area contributed by atoms with Crippen LogP contribution in [0.5, 0.6) is 0 Å². The molecule has 2 aromatic rings. The summed E-state index contributed by atoms with van der Waals surface area (Å²) < 4.78 is 0. The number of rotatable bonds is 9. The molecular weight excluding hydrogens is 421 g/mol. The second-order valence-electron chi connectivity index (χ2n) is 8.02. The third-order valence-electron chi connectivity index (χ3n) is 5.39. The van der Waals surface area contributed by atoms with Crippen molar-refractivity contribution in [2.45, 2.75) is 30.7 Å². The van der Waals surface area contributed by atoms with Crippen LogP contribution in [-0.2, 0) is 21.4 Å². The van der Waals surface area contributed by atoms with E-state index in [0.29, 0.717) is 35.9 Å². The third kappa shape index (κ3) is 5.54. The zero-order chi connectivity index (χ0) is 21.7. The number of halogens is 2. The Balaban J connectivity index is 1.76. The van der Waals surface area contributed by atoms with Crippen molar-refractivity contribution in [3.63, 3.8) is 0 Å². The van der Waals surface area contributed by atoms with E-state index in [9.17, 15) is 9.59 Å². The maximum atomic E-state index is 13.3. The Labute approximate surface area is 187 Å². The maximum absolute atomic E-state index is 13.3. The third-order valence-corrected chi connectivity index (χ3v) is 5.94. The van der Waals surface area contributed by atoms with Crippen molar-refractivity contribution >= 4 is 35.0 Å². The van der Waals surface area contributed by atoms with Crippen LogP contribution in [-0.4, -0.2) is 49.9 Å². The van der Waals surface area contributed by atoms with Crippen LogP contribution in [0.15, 0.2) is 48.5 Å². The zero-order valence-corrected chi connectivity index (χ0v) is 18.8. The predicted octanol–water partition coefficient (Wildman–Crippen LogP) is 3.43. The van der Waals surface area contributed by atoms with Crippen LogP contribution in [0.3, 0.4) is 0 Å². The van der Waals surface area contributed by atoms with Gasteiger partial charge in [-0.1, -0.05) is 59.6 Å². The molecule has 3 rings (SSSR count). The fourth-order valence-electron chi connectivity index (χ4n) is 3.50. The van der Waals surface area contributed by atoms with E-state index in [1.165, 1.54) is 0 Å². The maximum Gasteiger partial charge on any atom is 0.242 e. The Hall–Kier alpha value is -2.08. The Bertz CT molecular complexity index is 899. The lowest BCUT2D eigenvalue weighted by molar-refractivity contribution is -0.130. The highest BCUT2D eigenvalue weighted by atomic mass is 35.5. The Morgan fingerprint density at radius 1 is 1.10 bits per heavy atom. The van der Waals surface area contributed by atoms with Crippen molar-refractivity contribution in [3.8, 4) is 0 Å². The van der Waals surface area contributed by atoms with Crippen LogP contribution in [0.4, 0.5) is 0 Å². The fraction of sp³-hybridized carbons (Fsp3) is 0.391. The van der Waals surface area contributed by atoms with Crippen molar-refractivity contribution < 1.29 is 9.59 Å². The molecule has 0 saturated heterocycles. The Morgan fingerprint density at radius 3 is 2.40 bits per heavy atom. The molecule has 2 aromatic carbocycles. The van der Waals surface area contributed by atoms with E-state index in [0.717, 1.165) is 17.7 Å². The molecule has 0 aliphatic heterocycles. The molecule has 0 spiro atoms. The van der Waals surface area contributed by atoms with Crippen molar-refractivity contribution in [2.24, 2.45) is 0 Å². The summed E-state index contributed by atoms with van der Waals surface area (Å²) in [5, 5.41) is 6.93. The van der Waals surface area contributed by atoms with Gasteiger partial charge >= 0.3 is 0 Å². The lowest BCUT2D eigenvalue weighted by atomic mass is 9.94. The van der Waals surface area contributed by atoms with Gasteiger partial charge in [0.1, 0.15) is 6.04 Å². The van der Waals surface area contributed by atoms with Crippen LogP contribution in [0, 0.1) is 0 Å². The van der Waals surface area contributed by atoms with Crippen molar-refractivity contribution in [2.75, 3.05) is 27.2 Å². The Morgan fingerprint density at radius 2 is 1.80 bits per heavy atom. The molecule has 1 saturated carbocycles. The number of carbonyl (C=O) groups excluding carboxylic acids is 2. The molecule has 0 heterocycles. The molecule has 1 aliphatic rings. The fourth-order valence-corrected chi connectivity index (χ4v) is 4.09. The minimum atomic E-state index is -0.694. The smallest absolute Gasteiger partial charge is 0.242 e. The molecule has 1 fully saturated rings. The molecule has 160 valence electrons. The number of carbonyl (C=O) groups is 2. The number of likely N-dealkylation sites (N-methyl/N-ethyl adjacent to an activating group) is 1. The summed E-state index contributed by atoms with van der Waals surface area (Å²) >= 11 is 12.4. The van der Waals surface area contributed by atoms with Crippen LogP contribution in [0.1, 0.15) is 24.0 Å². The molecule has 0 aromatic heterocycles. The minimum absolute atomic E-state index is 0.171. The first-order valence-corrected chi connectivity index (χ1v) is 10.8. The number of amides is 2. The van der Waals surface area contributed by atoms with Gasteiger partial charge < -0.3 is 15.5 Å². The molecule has 0 bridgehead atoms. The summed E-state index contributed by atoms with van der Waals surface area (Å²) in [5.74, 6) is -0.359. The summed E-state index contributed by atoms with van der Waals surface area (Å²) in [7, 11) is 3.89. The molecule has 7 heteroatoms. The van der Waals surface area contributed by atoms with E-state index in [-0.39, 0.29) is 11.8 Å². The van der Waals surface area contributed by atoms with Gasteiger partial charge in [0.15, 0.2) is 0 Å². The van der Waals surface area contributed by atoms with Crippen molar-refractivity contribution in [1.82, 2.24) is 15.5 Å². The largest absolute Gasteiger partial charge is 0.353 e. The molecule has 0 unspecified atom stereocenters. The average molecular weight is 448 g/mol. The van der Waals surface area contributed by atoms with E-state index in [2.05, 4.69) is 10.6 Å². The van der Waals surface area contributed by atoms with E-state index >= 15 is 0 Å². The van der Waals surface area contributed by atoms with Gasteiger partial charge in [0.2, 0.25) is 11.8 Å². The van der Waals surface area contributed by atoms with Crippen LogP contribution in [0.2, 0.25) is 10.0 Å². The Kier molecular flexibility index (Phi) is 7.40. The molecule has 1 aliphatic carbocycles. The minimum Gasteiger partial charge on any atom is -0.353 e. The van der Waals surface area contributed by atoms with Gasteiger partial charge in [-0.25, -0.2) is 0 Å². The number of hydrogen-bond donors (Lipinski definition) is 2. The van der Waals surface area contributed by atoms with Gasteiger partial charge in [-0.2, -0.15) is 0 Å². The highest BCUT2D eigenvalue weighted by Crippen LogP contribution is 2.51. The second kappa shape index (κ2) is 9.82. The number of hydrogen-bond acceptors (Lipinski definition) is 3. The van der Waals surface area contributed by atoms with Crippen LogP contribution in [0.25, 0.3) is 0 Å². The van der Waals surface area contributed by atoms with Crippen LogP contribution < -0.4 is 10.6 Å². The monoisotopic (exact) mass is 447 g/mol. The second-order valence-corrected chi connectivity index (χ2v) is 8.86. The van der Waals surface area contributed by atoms with Gasteiger partial charge in [0.25, 0.3) is 0 Å². The number of nitrogens with one attached hydrogen (secondary N) is 2. The standard InChI is InChI=1S/C23H27Cl2N3O2/c1-28(2)13-12-26-21(29)20(14-16-6-4-3-5-7-16)27-22(30)23(10-11-23)18-9-8-17(24)15-19(18)25/h3-9,15,20H,10-14H2,1-2H3,(H,26,29)(H,27,30)/t20-/m0/s1. The first-order valence-electron chi connectivity index (χ1n) is 10.0. The normalized spacial score (nSPS) is 15.5. The van der Waals surface area contributed by atoms with Crippen molar-refractivity contribution in [3.05, 3.63) is 69.7 Å². The molecule has 30 heavy (non-hydrogen) atoms. The average Bonchev–Trinajstić information content (AvgIpc) is 3.49. The molecule has 2 amide bonds. The van der Waals surface area contributed by atoms with Crippen LogP contribution >= 0.6 is 23.2 Å². The first-order chi connectivity index (χ1) is 14.3. The highest BCUT2D eigenvalue weighted by Gasteiger charge is 2.53. The molecule has 0 radical (unpaired) electrons. The topological polar surface area (TPSA) is 61.4 Å². The van der Waals surface area contributed by atoms with Gasteiger partial charge in [-0.15, -0.1) is 0 Å². The first kappa shape index (κ1) is 22.6. The summed E-state index contributed by atoms with van der Waals surface area (Å²) in [5.41, 5.74) is 1.05. The van der Waals surface area contributed by atoms with Gasteiger partial charge in [-0.05, 0) is 50.2 Å². The zero-order valence-electron chi connectivity index (χ0n) is 17.3. The molecule has 5 nitrogen and oxygen atoms in total. The predicted molar refractivity (Wildman–Crippen MR) is 121 cm³/mol. The summed E-state index contributed by atoms with van der Waals surface area (Å²) in [6.07, 6.45) is 1.81. The van der Waals surface area contributed by atoms with E-state index in [4.69, 9.17) is 23.2 Å². The van der Waals surface area contributed by atoms with Gasteiger partial charge in [0, 0.05) is 29.6 Å². The van der Waals surface area contributed by atoms with E-state index in [1.54, 1.807) is 18.2 Å². The molecule has 1 atom stereocenters. The van der Waals surface area contributed by atoms with E-state index in [1.807, 2.05) is 49.3 Å².